The Kier molecular flexibility index (Phi) is 8.75. The minimum absolute atomic E-state index is 0.428. The molecule has 1 fully saturated rings. The molecule has 1 heterocycles. The van der Waals surface area contributed by atoms with E-state index < -0.39 is 0 Å². The Morgan fingerprint density at radius 2 is 1.65 bits per heavy atom. The number of fused-ring (bicyclic) bond motifs is 1. The number of nitrogens with zero attached hydrogens (tertiary/aromatic N) is 1. The lowest BCUT2D eigenvalue weighted by molar-refractivity contribution is 0.113. The molecule has 0 aromatic heterocycles. The van der Waals surface area contributed by atoms with Gasteiger partial charge in [0.05, 0.1) is 0 Å². The number of halogens is 1. The van der Waals surface area contributed by atoms with Gasteiger partial charge in [-0.3, -0.25) is 4.90 Å². The predicted molar refractivity (Wildman–Crippen MR) is 155 cm³/mol. The molecule has 37 heavy (non-hydrogen) atoms. The van der Waals surface area contributed by atoms with Crippen LogP contribution in [0.15, 0.2) is 91.0 Å². The van der Waals surface area contributed by atoms with E-state index in [1.54, 1.807) is 0 Å². The topological polar surface area (TPSA) is 50.5 Å². The maximum Gasteiger partial charge on any atom is 0.128 e. The molecular weight excluding hydrogens is 478 g/mol. The van der Waals surface area contributed by atoms with Crippen molar-refractivity contribution in [2.45, 2.75) is 44.3 Å². The molecule has 0 spiro atoms. The molecule has 0 bridgehead atoms. The Morgan fingerprint density at radius 1 is 0.838 bits per heavy atom. The maximum atomic E-state index is 6.09. The fourth-order valence-corrected chi connectivity index (χ4v) is 5.46. The average Bonchev–Trinajstić information content (AvgIpc) is 2.91. The van der Waals surface area contributed by atoms with Gasteiger partial charge in [-0.1, -0.05) is 78.7 Å². The zero-order chi connectivity index (χ0) is 25.5. The average molecular weight is 514 g/mol. The lowest BCUT2D eigenvalue weighted by atomic mass is 9.97. The number of nitrogens with one attached hydrogen (secondary N) is 1. The van der Waals surface area contributed by atoms with Crippen molar-refractivity contribution in [3.8, 4) is 11.5 Å². The summed E-state index contributed by atoms with van der Waals surface area (Å²) in [6.45, 7) is 3.74. The van der Waals surface area contributed by atoms with Gasteiger partial charge in [0.1, 0.15) is 11.5 Å². The third-order valence-electron chi connectivity index (χ3n) is 7.24. The smallest absolute Gasteiger partial charge is 0.128 e. The van der Waals surface area contributed by atoms with Gasteiger partial charge in [-0.05, 0) is 78.0 Å². The first-order valence-electron chi connectivity index (χ1n) is 13.3. The maximum absolute atomic E-state index is 6.09. The Hall–Kier alpha value is -2.89. The Bertz CT molecular complexity index is 1290. The van der Waals surface area contributed by atoms with E-state index in [2.05, 4.69) is 76.9 Å². The number of unbranched alkanes of at least 4 members (excludes halogenated alkanes) is 1. The molecule has 4 nitrogen and oxygen atoms in total. The highest BCUT2D eigenvalue weighted by molar-refractivity contribution is 6.30. The molecular formula is C32H36ClN3O. The Labute approximate surface area is 225 Å². The van der Waals surface area contributed by atoms with Crippen LogP contribution in [0.3, 0.4) is 0 Å². The molecule has 0 unspecified atom stereocenters. The first-order chi connectivity index (χ1) is 18.2. The third-order valence-corrected chi connectivity index (χ3v) is 7.48. The first-order valence-corrected chi connectivity index (χ1v) is 13.7. The normalized spacial score (nSPS) is 18.2. The number of nitrogens with two attached hydrogens (primary N) is 1. The molecule has 4 aromatic carbocycles. The van der Waals surface area contributed by atoms with Gasteiger partial charge in [-0.2, -0.15) is 0 Å². The van der Waals surface area contributed by atoms with Gasteiger partial charge in [-0.15, -0.1) is 0 Å². The van der Waals surface area contributed by atoms with E-state index in [4.69, 9.17) is 22.1 Å². The van der Waals surface area contributed by atoms with Crippen LogP contribution in [0.2, 0.25) is 5.02 Å². The number of ether oxygens (including phenoxy) is 1. The summed E-state index contributed by atoms with van der Waals surface area (Å²) in [6.07, 6.45) is 4.45. The van der Waals surface area contributed by atoms with Crippen LogP contribution in [0.4, 0.5) is 0 Å². The molecule has 1 aliphatic heterocycles. The molecule has 1 saturated heterocycles. The minimum atomic E-state index is 0.428. The van der Waals surface area contributed by atoms with Crippen LogP contribution in [0.25, 0.3) is 10.8 Å². The van der Waals surface area contributed by atoms with E-state index in [1.165, 1.54) is 34.7 Å². The Morgan fingerprint density at radius 3 is 2.46 bits per heavy atom. The fraction of sp³-hybridized carbons (Fsp3) is 0.312. The molecule has 0 amide bonds. The second-order valence-electron chi connectivity index (χ2n) is 10.1. The van der Waals surface area contributed by atoms with Crippen LogP contribution in [-0.2, 0) is 13.0 Å². The summed E-state index contributed by atoms with van der Waals surface area (Å²) < 4.78 is 5.98. The van der Waals surface area contributed by atoms with Crippen LogP contribution in [0, 0.1) is 0 Å². The largest absolute Gasteiger partial charge is 0.457 e. The predicted octanol–water partition coefficient (Wildman–Crippen LogP) is 6.80. The molecule has 0 aliphatic carbocycles. The van der Waals surface area contributed by atoms with Crippen molar-refractivity contribution in [2.24, 2.45) is 5.73 Å². The molecule has 4 aromatic rings. The van der Waals surface area contributed by atoms with Crippen molar-refractivity contribution in [2.75, 3.05) is 19.6 Å². The minimum Gasteiger partial charge on any atom is -0.457 e. The molecule has 0 radical (unpaired) electrons. The molecule has 5 heteroatoms. The standard InChI is InChI=1S/C32H36ClN3O/c33-28-8-5-10-32(20-28)37-31-15-12-24(13-16-31)22-36-23-29(35-21-30(36)9-3-4-17-34)19-25-11-14-26-6-1-2-7-27(26)18-25/h1-2,5-8,10-16,18,20,29-30,35H,3-4,9,17,19,21-23,34H2/t29-,30-/m0/s1. The lowest BCUT2D eigenvalue weighted by Crippen LogP contribution is -2.56. The molecule has 1 aliphatic rings. The van der Waals surface area contributed by atoms with Gasteiger partial charge in [0.25, 0.3) is 0 Å². The Balaban J connectivity index is 1.25. The van der Waals surface area contributed by atoms with Gasteiger partial charge in [0.2, 0.25) is 0 Å². The zero-order valence-corrected chi connectivity index (χ0v) is 22.0. The number of hydrogen-bond acceptors (Lipinski definition) is 4. The molecule has 5 rings (SSSR count). The summed E-state index contributed by atoms with van der Waals surface area (Å²) in [6, 6.07) is 32.4. The van der Waals surface area contributed by atoms with E-state index in [0.29, 0.717) is 17.1 Å². The fourth-order valence-electron chi connectivity index (χ4n) is 5.28. The quantitative estimate of drug-likeness (QED) is 0.229. The number of benzene rings is 4. The SMILES string of the molecule is NCCCC[C@H]1CN[C@@H](Cc2ccc3ccccc3c2)CN1Cc1ccc(Oc2cccc(Cl)c2)cc1. The van der Waals surface area contributed by atoms with Gasteiger partial charge < -0.3 is 15.8 Å². The number of rotatable bonds is 10. The van der Waals surface area contributed by atoms with Crippen molar-refractivity contribution in [1.82, 2.24) is 10.2 Å². The van der Waals surface area contributed by atoms with Crippen LogP contribution in [0.1, 0.15) is 30.4 Å². The van der Waals surface area contributed by atoms with E-state index in [0.717, 1.165) is 50.5 Å². The highest BCUT2D eigenvalue weighted by atomic mass is 35.5. The van der Waals surface area contributed by atoms with Crippen LogP contribution < -0.4 is 15.8 Å². The van der Waals surface area contributed by atoms with E-state index in [1.807, 2.05) is 24.3 Å². The third kappa shape index (κ3) is 7.12. The van der Waals surface area contributed by atoms with Crippen molar-refractivity contribution in [1.29, 1.82) is 0 Å². The summed E-state index contributed by atoms with van der Waals surface area (Å²) in [5.74, 6) is 1.57. The summed E-state index contributed by atoms with van der Waals surface area (Å²) >= 11 is 6.09. The molecule has 2 atom stereocenters. The highest BCUT2D eigenvalue weighted by Crippen LogP contribution is 2.26. The van der Waals surface area contributed by atoms with Crippen LogP contribution in [0.5, 0.6) is 11.5 Å². The second kappa shape index (κ2) is 12.6. The summed E-state index contributed by atoms with van der Waals surface area (Å²) in [5.41, 5.74) is 8.47. The van der Waals surface area contributed by atoms with E-state index in [9.17, 15) is 0 Å². The molecule has 3 N–H and O–H groups in total. The number of hydrogen-bond donors (Lipinski definition) is 2. The van der Waals surface area contributed by atoms with Gasteiger partial charge in [-0.25, -0.2) is 0 Å². The van der Waals surface area contributed by atoms with Crippen molar-refractivity contribution >= 4 is 22.4 Å². The van der Waals surface area contributed by atoms with Crippen molar-refractivity contribution < 1.29 is 4.74 Å². The highest BCUT2D eigenvalue weighted by Gasteiger charge is 2.27. The van der Waals surface area contributed by atoms with Crippen molar-refractivity contribution in [3.05, 3.63) is 107 Å². The number of piperazine rings is 1. The van der Waals surface area contributed by atoms with Gasteiger partial charge in [0, 0.05) is 36.7 Å². The summed E-state index contributed by atoms with van der Waals surface area (Å²) in [5, 5.41) is 7.13. The van der Waals surface area contributed by atoms with Crippen LogP contribution >= 0.6 is 11.6 Å². The van der Waals surface area contributed by atoms with E-state index in [-0.39, 0.29) is 0 Å². The summed E-state index contributed by atoms with van der Waals surface area (Å²) in [7, 11) is 0. The monoisotopic (exact) mass is 513 g/mol. The van der Waals surface area contributed by atoms with Crippen LogP contribution in [-0.4, -0.2) is 36.6 Å². The summed E-state index contributed by atoms with van der Waals surface area (Å²) in [4.78, 5) is 2.66. The second-order valence-corrected chi connectivity index (χ2v) is 10.5. The first kappa shape index (κ1) is 25.7. The zero-order valence-electron chi connectivity index (χ0n) is 21.3. The van der Waals surface area contributed by atoms with E-state index >= 15 is 0 Å². The lowest BCUT2D eigenvalue weighted by Gasteiger charge is -2.41. The van der Waals surface area contributed by atoms with Gasteiger partial charge >= 0.3 is 0 Å². The van der Waals surface area contributed by atoms with Gasteiger partial charge in [0.15, 0.2) is 0 Å². The van der Waals surface area contributed by atoms with Crippen molar-refractivity contribution in [3.63, 3.8) is 0 Å². The molecule has 192 valence electrons. The molecule has 0 saturated carbocycles.